The Balaban J connectivity index is 1.56. The molecular weight excluding hydrogens is 379 g/mol. The summed E-state index contributed by atoms with van der Waals surface area (Å²) in [5.41, 5.74) is 8.17. The van der Waals surface area contributed by atoms with E-state index in [0.717, 1.165) is 12.0 Å². The SMILES string of the molecule is C[C@]1(c2cc(Cc3nccc4[nH]c(=O)cnc34)cnc2F)N=C(N)S[C@H]2C[C@H]21. The van der Waals surface area contributed by atoms with Crippen LogP contribution in [-0.2, 0) is 12.0 Å². The van der Waals surface area contributed by atoms with Crippen LogP contribution in [0.25, 0.3) is 11.0 Å². The van der Waals surface area contributed by atoms with Gasteiger partial charge < -0.3 is 10.7 Å². The van der Waals surface area contributed by atoms with E-state index in [1.165, 1.54) is 12.4 Å². The number of nitrogens with one attached hydrogen (secondary N) is 1. The first-order valence-corrected chi connectivity index (χ1v) is 9.82. The third-order valence-electron chi connectivity index (χ3n) is 5.45. The number of fused-ring (bicyclic) bond motifs is 2. The van der Waals surface area contributed by atoms with Gasteiger partial charge in [-0.2, -0.15) is 4.39 Å². The zero-order valence-corrected chi connectivity index (χ0v) is 15.8. The Morgan fingerprint density at radius 2 is 2.21 bits per heavy atom. The maximum Gasteiger partial charge on any atom is 0.266 e. The number of aromatic nitrogens is 4. The van der Waals surface area contributed by atoms with Crippen LogP contribution in [-0.4, -0.2) is 30.4 Å². The number of pyridine rings is 2. The van der Waals surface area contributed by atoms with Crippen LogP contribution in [0.4, 0.5) is 4.39 Å². The molecule has 0 spiro atoms. The number of aliphatic imine (C=N–C) groups is 1. The van der Waals surface area contributed by atoms with Crippen molar-refractivity contribution < 1.29 is 4.39 Å². The number of hydrogen-bond donors (Lipinski definition) is 2. The largest absolute Gasteiger partial charge is 0.379 e. The van der Waals surface area contributed by atoms with Crippen LogP contribution in [0.15, 0.2) is 40.5 Å². The van der Waals surface area contributed by atoms with Crippen LogP contribution in [0.3, 0.4) is 0 Å². The van der Waals surface area contributed by atoms with Gasteiger partial charge in [0.1, 0.15) is 5.52 Å². The summed E-state index contributed by atoms with van der Waals surface area (Å²) in [4.78, 5) is 31.4. The fraction of sp³-hybridized carbons (Fsp3) is 0.316. The molecule has 1 saturated carbocycles. The highest BCUT2D eigenvalue weighted by Crippen LogP contribution is 2.57. The number of aromatic amines is 1. The highest BCUT2D eigenvalue weighted by molar-refractivity contribution is 8.14. The summed E-state index contributed by atoms with van der Waals surface area (Å²) in [5.74, 6) is -0.257. The molecule has 0 unspecified atom stereocenters. The average molecular weight is 396 g/mol. The van der Waals surface area contributed by atoms with E-state index in [1.807, 2.05) is 6.92 Å². The van der Waals surface area contributed by atoms with Crippen molar-refractivity contribution in [2.45, 2.75) is 30.6 Å². The van der Waals surface area contributed by atoms with Crippen molar-refractivity contribution in [2.75, 3.05) is 0 Å². The molecule has 9 heteroatoms. The molecule has 1 aliphatic heterocycles. The summed E-state index contributed by atoms with van der Waals surface area (Å²) >= 11 is 1.57. The second-order valence-corrected chi connectivity index (χ2v) is 8.62. The zero-order chi connectivity index (χ0) is 19.5. The molecule has 3 aromatic rings. The third kappa shape index (κ3) is 2.77. The van der Waals surface area contributed by atoms with Gasteiger partial charge in [-0.05, 0) is 31.0 Å². The molecule has 142 valence electrons. The molecule has 0 saturated heterocycles. The molecule has 0 amide bonds. The number of amidine groups is 1. The molecular formula is C19H17FN6OS. The van der Waals surface area contributed by atoms with E-state index in [1.54, 1.807) is 30.1 Å². The van der Waals surface area contributed by atoms with Crippen molar-refractivity contribution in [1.82, 2.24) is 19.9 Å². The Morgan fingerprint density at radius 1 is 1.36 bits per heavy atom. The maximum atomic E-state index is 14.7. The number of H-pyrrole nitrogens is 1. The first kappa shape index (κ1) is 17.3. The Morgan fingerprint density at radius 3 is 3.07 bits per heavy atom. The van der Waals surface area contributed by atoms with Gasteiger partial charge in [0.25, 0.3) is 5.56 Å². The lowest BCUT2D eigenvalue weighted by atomic mass is 9.87. The van der Waals surface area contributed by atoms with E-state index in [2.05, 4.69) is 24.9 Å². The summed E-state index contributed by atoms with van der Waals surface area (Å²) in [5, 5.41) is 0.890. The van der Waals surface area contributed by atoms with Crippen LogP contribution in [0.1, 0.15) is 30.2 Å². The van der Waals surface area contributed by atoms with Crippen LogP contribution in [0, 0.1) is 11.9 Å². The Hall–Kier alpha value is -2.81. The smallest absolute Gasteiger partial charge is 0.266 e. The molecule has 7 nitrogen and oxygen atoms in total. The molecule has 28 heavy (non-hydrogen) atoms. The number of nitrogens with zero attached hydrogens (tertiary/aromatic N) is 4. The van der Waals surface area contributed by atoms with Gasteiger partial charge in [0.15, 0.2) is 5.17 Å². The number of rotatable bonds is 3. The van der Waals surface area contributed by atoms with E-state index in [-0.39, 0.29) is 11.5 Å². The molecule has 3 aromatic heterocycles. The van der Waals surface area contributed by atoms with E-state index in [0.29, 0.717) is 39.1 Å². The Labute approximate surface area is 163 Å². The number of hydrogen-bond acceptors (Lipinski definition) is 7. The van der Waals surface area contributed by atoms with E-state index in [9.17, 15) is 9.18 Å². The first-order valence-electron chi connectivity index (χ1n) is 8.94. The highest BCUT2D eigenvalue weighted by Gasteiger charge is 2.55. The predicted molar refractivity (Wildman–Crippen MR) is 106 cm³/mol. The number of thioether (sulfide) groups is 1. The molecule has 2 aliphatic rings. The monoisotopic (exact) mass is 396 g/mol. The molecule has 4 heterocycles. The zero-order valence-electron chi connectivity index (χ0n) is 15.0. The van der Waals surface area contributed by atoms with Gasteiger partial charge >= 0.3 is 0 Å². The van der Waals surface area contributed by atoms with Gasteiger partial charge in [0.2, 0.25) is 5.95 Å². The van der Waals surface area contributed by atoms with Crippen molar-refractivity contribution in [2.24, 2.45) is 16.6 Å². The van der Waals surface area contributed by atoms with E-state index >= 15 is 0 Å². The molecule has 0 bridgehead atoms. The van der Waals surface area contributed by atoms with Crippen LogP contribution in [0.5, 0.6) is 0 Å². The highest BCUT2D eigenvalue weighted by atomic mass is 32.2. The summed E-state index contributed by atoms with van der Waals surface area (Å²) in [7, 11) is 0. The van der Waals surface area contributed by atoms with Gasteiger partial charge in [-0.1, -0.05) is 11.8 Å². The van der Waals surface area contributed by atoms with Crippen molar-refractivity contribution in [3.8, 4) is 0 Å². The number of halogens is 1. The van der Waals surface area contributed by atoms with Crippen LogP contribution >= 0.6 is 11.8 Å². The minimum absolute atomic E-state index is 0.263. The fourth-order valence-corrected chi connectivity index (χ4v) is 5.23. The van der Waals surface area contributed by atoms with Crippen molar-refractivity contribution in [3.63, 3.8) is 0 Å². The van der Waals surface area contributed by atoms with Crippen molar-refractivity contribution in [3.05, 3.63) is 63.8 Å². The topological polar surface area (TPSA) is 110 Å². The Bertz CT molecular complexity index is 1190. The average Bonchev–Trinajstić information content (AvgIpc) is 3.43. The second kappa shape index (κ2) is 6.10. The summed E-state index contributed by atoms with van der Waals surface area (Å²) in [6, 6.07) is 3.50. The van der Waals surface area contributed by atoms with E-state index in [4.69, 9.17) is 5.73 Å². The molecule has 1 aliphatic carbocycles. The predicted octanol–water partition coefficient (Wildman–Crippen LogP) is 2.11. The lowest BCUT2D eigenvalue weighted by Gasteiger charge is -2.30. The van der Waals surface area contributed by atoms with Gasteiger partial charge in [0.05, 0.1) is 22.9 Å². The van der Waals surface area contributed by atoms with Gasteiger partial charge in [-0.3, -0.25) is 14.8 Å². The number of nitrogens with two attached hydrogens (primary N) is 1. The lowest BCUT2D eigenvalue weighted by Crippen LogP contribution is -2.32. The van der Waals surface area contributed by atoms with Crippen molar-refractivity contribution >= 4 is 28.0 Å². The van der Waals surface area contributed by atoms with Crippen LogP contribution < -0.4 is 11.3 Å². The third-order valence-corrected chi connectivity index (χ3v) is 6.61. The van der Waals surface area contributed by atoms with E-state index < -0.39 is 11.5 Å². The molecule has 1 fully saturated rings. The van der Waals surface area contributed by atoms with Gasteiger partial charge in [-0.25, -0.2) is 9.97 Å². The molecule has 3 N–H and O–H groups in total. The first-order chi connectivity index (χ1) is 13.4. The fourth-order valence-electron chi connectivity index (χ4n) is 3.94. The Kier molecular flexibility index (Phi) is 3.77. The standard InChI is InChI=1S/C19H17FN6OS/c1-19(10-6-14(10)28-18(21)26-19)11-4-9(7-24-17(11)20)5-13-16-12(2-3-22-13)25-15(27)8-23-16/h2-4,7-8,10,14H,5-6H2,1H3,(H2,21,26)(H,25,27)/t10-,14+,19+/m1/s1. The quantitative estimate of drug-likeness (QED) is 0.656. The lowest BCUT2D eigenvalue weighted by molar-refractivity contribution is 0.399. The minimum Gasteiger partial charge on any atom is -0.379 e. The molecule has 3 atom stereocenters. The van der Waals surface area contributed by atoms with Gasteiger partial charge in [0, 0.05) is 35.5 Å². The molecule has 5 rings (SSSR count). The summed E-state index contributed by atoms with van der Waals surface area (Å²) in [6.45, 7) is 1.93. The minimum atomic E-state index is -0.706. The summed E-state index contributed by atoms with van der Waals surface area (Å²) < 4.78 is 14.7. The summed E-state index contributed by atoms with van der Waals surface area (Å²) in [6.07, 6.45) is 5.73. The second-order valence-electron chi connectivity index (χ2n) is 7.36. The van der Waals surface area contributed by atoms with Crippen LogP contribution in [0.2, 0.25) is 0 Å². The van der Waals surface area contributed by atoms with Crippen molar-refractivity contribution in [1.29, 1.82) is 0 Å². The normalized spacial score (nSPS) is 26.0. The molecule has 0 radical (unpaired) electrons. The maximum absolute atomic E-state index is 14.7. The van der Waals surface area contributed by atoms with Gasteiger partial charge in [-0.15, -0.1) is 0 Å². The molecule has 0 aromatic carbocycles.